The van der Waals surface area contributed by atoms with Gasteiger partial charge in [-0.05, 0) is 27.2 Å². The number of Topliss-reactive ketones (excluding diaryl/α,β-unsaturated/α-hetero) is 1. The van der Waals surface area contributed by atoms with Crippen molar-refractivity contribution in [2.75, 3.05) is 6.54 Å². The van der Waals surface area contributed by atoms with E-state index >= 15 is 0 Å². The molecule has 1 aliphatic rings. The van der Waals surface area contributed by atoms with Crippen LogP contribution in [0.25, 0.3) is 0 Å². The zero-order valence-electron chi connectivity index (χ0n) is 14.8. The molecule has 1 aromatic heterocycles. The molecule has 1 aromatic rings. The number of amides is 1. The number of ketones is 1. The van der Waals surface area contributed by atoms with E-state index < -0.39 is 17.7 Å². The van der Waals surface area contributed by atoms with Crippen molar-refractivity contribution in [1.29, 1.82) is 0 Å². The zero-order valence-corrected chi connectivity index (χ0v) is 14.8. The Morgan fingerprint density at radius 1 is 1.30 bits per heavy atom. The summed E-state index contributed by atoms with van der Waals surface area (Å²) in [7, 11) is 0. The molecule has 6 heteroatoms. The average Bonchev–Trinajstić information content (AvgIpc) is 2.72. The molecule has 0 spiro atoms. The van der Waals surface area contributed by atoms with Crippen molar-refractivity contribution >= 4 is 11.9 Å². The molecule has 1 aliphatic heterocycles. The van der Waals surface area contributed by atoms with Crippen molar-refractivity contribution in [2.45, 2.75) is 71.4 Å². The van der Waals surface area contributed by atoms with Crippen LogP contribution in [-0.2, 0) is 21.4 Å². The molecule has 0 N–H and O–H groups in total. The summed E-state index contributed by atoms with van der Waals surface area (Å²) in [5.74, 6) is 0.495. The molecule has 0 aliphatic carbocycles. The van der Waals surface area contributed by atoms with E-state index in [9.17, 15) is 9.59 Å². The summed E-state index contributed by atoms with van der Waals surface area (Å²) in [6.45, 7) is 12.1. The van der Waals surface area contributed by atoms with E-state index in [1.165, 1.54) is 4.90 Å². The first-order valence-corrected chi connectivity index (χ1v) is 7.96. The number of ether oxygens (including phenoxy) is 1. The Kier molecular flexibility index (Phi) is 4.55. The lowest BCUT2D eigenvalue weighted by Crippen LogP contribution is -2.56. The van der Waals surface area contributed by atoms with Crippen molar-refractivity contribution in [1.82, 2.24) is 10.1 Å². The summed E-state index contributed by atoms with van der Waals surface area (Å²) >= 11 is 0. The lowest BCUT2D eigenvalue weighted by Gasteiger charge is -2.40. The van der Waals surface area contributed by atoms with E-state index in [0.717, 1.165) is 5.69 Å². The molecule has 1 atom stereocenters. The fourth-order valence-corrected chi connectivity index (χ4v) is 2.30. The van der Waals surface area contributed by atoms with Gasteiger partial charge in [-0.15, -0.1) is 0 Å². The smallest absolute Gasteiger partial charge is 0.410 e. The van der Waals surface area contributed by atoms with Gasteiger partial charge in [0, 0.05) is 18.0 Å². The predicted octanol–water partition coefficient (Wildman–Crippen LogP) is 3.09. The van der Waals surface area contributed by atoms with Crippen LogP contribution in [-0.4, -0.2) is 40.1 Å². The Hall–Kier alpha value is -1.85. The maximum Gasteiger partial charge on any atom is 0.410 e. The predicted molar refractivity (Wildman–Crippen MR) is 85.3 cm³/mol. The van der Waals surface area contributed by atoms with Gasteiger partial charge in [0.05, 0.1) is 18.2 Å². The summed E-state index contributed by atoms with van der Waals surface area (Å²) in [5, 5.41) is 4.01. The van der Waals surface area contributed by atoms with E-state index in [2.05, 4.69) is 5.16 Å². The number of aromatic nitrogens is 1. The molecule has 1 saturated heterocycles. The van der Waals surface area contributed by atoms with Crippen LogP contribution in [0.15, 0.2) is 10.6 Å². The van der Waals surface area contributed by atoms with E-state index in [4.69, 9.17) is 9.26 Å². The van der Waals surface area contributed by atoms with Crippen LogP contribution in [0.5, 0.6) is 0 Å². The Morgan fingerprint density at radius 3 is 2.39 bits per heavy atom. The van der Waals surface area contributed by atoms with Crippen molar-refractivity contribution in [3.8, 4) is 0 Å². The number of carbonyl (C=O) groups is 2. The Morgan fingerprint density at radius 2 is 1.96 bits per heavy atom. The Bertz CT molecular complexity index is 592. The second kappa shape index (κ2) is 5.98. The van der Waals surface area contributed by atoms with E-state index in [0.29, 0.717) is 18.7 Å². The largest absolute Gasteiger partial charge is 0.444 e. The third-order valence-electron chi connectivity index (χ3n) is 3.70. The summed E-state index contributed by atoms with van der Waals surface area (Å²) in [6.07, 6.45) is 0.376. The van der Waals surface area contributed by atoms with Crippen LogP contribution in [0.4, 0.5) is 4.79 Å². The van der Waals surface area contributed by atoms with Crippen molar-refractivity contribution in [3.05, 3.63) is 17.5 Å². The van der Waals surface area contributed by atoms with Crippen LogP contribution in [0, 0.1) is 0 Å². The molecule has 128 valence electrons. The van der Waals surface area contributed by atoms with Crippen LogP contribution in [0.3, 0.4) is 0 Å². The van der Waals surface area contributed by atoms with Gasteiger partial charge in [0.15, 0.2) is 5.78 Å². The lowest BCUT2D eigenvalue weighted by atomic mass is 9.91. The topological polar surface area (TPSA) is 72.6 Å². The molecular weight excluding hydrogens is 296 g/mol. The third-order valence-corrected chi connectivity index (χ3v) is 3.70. The molecule has 1 amide bonds. The first kappa shape index (κ1) is 17.5. The first-order valence-electron chi connectivity index (χ1n) is 7.96. The molecule has 0 unspecified atom stereocenters. The van der Waals surface area contributed by atoms with Crippen molar-refractivity contribution in [2.24, 2.45) is 0 Å². The van der Waals surface area contributed by atoms with Gasteiger partial charge in [-0.2, -0.15) is 0 Å². The highest BCUT2D eigenvalue weighted by Gasteiger charge is 2.39. The first-order chi connectivity index (χ1) is 10.5. The van der Waals surface area contributed by atoms with Gasteiger partial charge < -0.3 is 9.26 Å². The molecule has 0 radical (unpaired) electrons. The van der Waals surface area contributed by atoms with E-state index in [-0.39, 0.29) is 17.6 Å². The van der Waals surface area contributed by atoms with Crippen LogP contribution in [0.1, 0.15) is 59.4 Å². The van der Waals surface area contributed by atoms with Crippen LogP contribution < -0.4 is 0 Å². The molecular formula is C17H26N2O4. The third kappa shape index (κ3) is 4.33. The maximum atomic E-state index is 12.4. The quantitative estimate of drug-likeness (QED) is 0.855. The number of rotatable bonds is 3. The fourth-order valence-electron chi connectivity index (χ4n) is 2.30. The normalized spacial score (nSPS) is 18.5. The molecule has 23 heavy (non-hydrogen) atoms. The summed E-state index contributed by atoms with van der Waals surface area (Å²) in [6, 6.07) is 1.39. The van der Waals surface area contributed by atoms with Crippen LogP contribution >= 0.6 is 0 Å². The van der Waals surface area contributed by atoms with Gasteiger partial charge in [0.1, 0.15) is 11.4 Å². The number of hydrogen-bond donors (Lipinski definition) is 0. The fraction of sp³-hybridized carbons (Fsp3) is 0.706. The number of carbonyl (C=O) groups excluding carboxylic acids is 2. The average molecular weight is 322 g/mol. The minimum Gasteiger partial charge on any atom is -0.444 e. The minimum absolute atomic E-state index is 0.0429. The van der Waals surface area contributed by atoms with Gasteiger partial charge in [-0.3, -0.25) is 9.69 Å². The van der Waals surface area contributed by atoms with Gasteiger partial charge in [0.2, 0.25) is 0 Å². The van der Waals surface area contributed by atoms with Crippen molar-refractivity contribution < 1.29 is 18.8 Å². The van der Waals surface area contributed by atoms with Crippen molar-refractivity contribution in [3.63, 3.8) is 0 Å². The molecule has 2 heterocycles. The van der Waals surface area contributed by atoms with Gasteiger partial charge in [-0.1, -0.05) is 25.9 Å². The summed E-state index contributed by atoms with van der Waals surface area (Å²) in [4.78, 5) is 25.9. The Labute approximate surface area is 137 Å². The van der Waals surface area contributed by atoms with Gasteiger partial charge in [-0.25, -0.2) is 4.79 Å². The molecule has 0 aromatic carbocycles. The number of nitrogens with zero attached hydrogens (tertiary/aromatic N) is 2. The summed E-state index contributed by atoms with van der Waals surface area (Å²) < 4.78 is 10.6. The standard InChI is InChI=1S/C17H26N2O4/c1-16(2,3)14-10-11(23-18-14)9-13(20)12-7-8-19(12)15(21)22-17(4,5)6/h10,12H,7-9H2,1-6H3/t12-/m0/s1. The molecule has 0 bridgehead atoms. The molecule has 2 rings (SSSR count). The Balaban J connectivity index is 1.96. The van der Waals surface area contributed by atoms with Gasteiger partial charge in [0.25, 0.3) is 0 Å². The zero-order chi connectivity index (χ0) is 17.4. The van der Waals surface area contributed by atoms with Gasteiger partial charge >= 0.3 is 6.09 Å². The number of hydrogen-bond acceptors (Lipinski definition) is 5. The van der Waals surface area contributed by atoms with E-state index in [1.807, 2.05) is 47.6 Å². The minimum atomic E-state index is -0.563. The number of likely N-dealkylation sites (tertiary alicyclic amines) is 1. The monoisotopic (exact) mass is 322 g/mol. The SMILES string of the molecule is CC(C)(C)OC(=O)N1CC[C@H]1C(=O)Cc1cc(C(C)(C)C)no1. The van der Waals surface area contributed by atoms with Crippen LogP contribution in [0.2, 0.25) is 0 Å². The maximum absolute atomic E-state index is 12.4. The second-order valence-electron chi connectivity index (χ2n) is 8.05. The molecule has 1 fully saturated rings. The highest BCUT2D eigenvalue weighted by atomic mass is 16.6. The second-order valence-corrected chi connectivity index (χ2v) is 8.05. The highest BCUT2D eigenvalue weighted by Crippen LogP contribution is 2.25. The highest BCUT2D eigenvalue weighted by molar-refractivity contribution is 5.90. The molecule has 6 nitrogen and oxygen atoms in total. The van der Waals surface area contributed by atoms with E-state index in [1.54, 1.807) is 0 Å². The molecule has 0 saturated carbocycles. The summed E-state index contributed by atoms with van der Waals surface area (Å²) in [5.41, 5.74) is 0.134. The lowest BCUT2D eigenvalue weighted by molar-refractivity contribution is -0.128.